The zero-order valence-electron chi connectivity index (χ0n) is 10.2. The Hall–Kier alpha value is -1.01. The van der Waals surface area contributed by atoms with Gasteiger partial charge in [-0.15, -0.1) is 0 Å². The SMILES string of the molecule is CCN1CCOC(C(NN)c2cccnc2)C1. The van der Waals surface area contributed by atoms with E-state index in [0.29, 0.717) is 0 Å². The Bertz CT molecular complexity index is 333. The van der Waals surface area contributed by atoms with Gasteiger partial charge in [0.1, 0.15) is 0 Å². The van der Waals surface area contributed by atoms with E-state index >= 15 is 0 Å². The molecular formula is C12H20N4O. The summed E-state index contributed by atoms with van der Waals surface area (Å²) in [7, 11) is 0. The van der Waals surface area contributed by atoms with Crippen LogP contribution in [0.3, 0.4) is 0 Å². The number of morpholine rings is 1. The van der Waals surface area contributed by atoms with Crippen molar-refractivity contribution < 1.29 is 4.74 Å². The minimum Gasteiger partial charge on any atom is -0.374 e. The van der Waals surface area contributed by atoms with Crippen LogP contribution in [0.5, 0.6) is 0 Å². The number of hydrogen-bond acceptors (Lipinski definition) is 5. The van der Waals surface area contributed by atoms with Gasteiger partial charge in [-0.05, 0) is 18.2 Å². The van der Waals surface area contributed by atoms with Gasteiger partial charge in [0, 0.05) is 25.5 Å². The lowest BCUT2D eigenvalue weighted by atomic mass is 10.0. The summed E-state index contributed by atoms with van der Waals surface area (Å²) in [6.07, 6.45) is 3.67. The number of nitrogens with two attached hydrogens (primary N) is 1. The molecule has 2 rings (SSSR count). The second-order valence-corrected chi connectivity index (χ2v) is 4.23. The van der Waals surface area contributed by atoms with Crippen molar-refractivity contribution in [2.45, 2.75) is 19.1 Å². The molecule has 1 aromatic rings. The Morgan fingerprint density at radius 1 is 1.71 bits per heavy atom. The third-order valence-corrected chi connectivity index (χ3v) is 3.22. The van der Waals surface area contributed by atoms with Crippen LogP contribution >= 0.6 is 0 Å². The number of aromatic nitrogens is 1. The van der Waals surface area contributed by atoms with E-state index in [9.17, 15) is 0 Å². The van der Waals surface area contributed by atoms with E-state index in [4.69, 9.17) is 10.6 Å². The molecule has 3 N–H and O–H groups in total. The van der Waals surface area contributed by atoms with Crippen molar-refractivity contribution in [3.05, 3.63) is 30.1 Å². The van der Waals surface area contributed by atoms with Crippen LogP contribution in [0.15, 0.2) is 24.5 Å². The third kappa shape index (κ3) is 3.01. The number of nitrogens with one attached hydrogen (secondary N) is 1. The monoisotopic (exact) mass is 236 g/mol. The number of nitrogens with zero attached hydrogens (tertiary/aromatic N) is 2. The van der Waals surface area contributed by atoms with E-state index in [1.165, 1.54) is 0 Å². The highest BCUT2D eigenvalue weighted by atomic mass is 16.5. The number of rotatable bonds is 4. The van der Waals surface area contributed by atoms with E-state index in [0.717, 1.165) is 31.8 Å². The molecular weight excluding hydrogens is 216 g/mol. The smallest absolute Gasteiger partial charge is 0.0910 e. The first-order valence-corrected chi connectivity index (χ1v) is 6.05. The van der Waals surface area contributed by atoms with Crippen molar-refractivity contribution in [2.24, 2.45) is 5.84 Å². The minimum atomic E-state index is -0.00181. The highest BCUT2D eigenvalue weighted by Crippen LogP contribution is 2.20. The molecule has 0 radical (unpaired) electrons. The predicted octanol–water partition coefficient (Wildman–Crippen LogP) is 0.307. The maximum absolute atomic E-state index is 5.81. The quantitative estimate of drug-likeness (QED) is 0.582. The molecule has 2 heterocycles. The summed E-state index contributed by atoms with van der Waals surface area (Å²) in [4.78, 5) is 6.49. The molecule has 1 saturated heterocycles. The van der Waals surface area contributed by atoms with Crippen LogP contribution in [-0.2, 0) is 4.74 Å². The van der Waals surface area contributed by atoms with Crippen molar-refractivity contribution in [3.63, 3.8) is 0 Å². The predicted molar refractivity (Wildman–Crippen MR) is 66.2 cm³/mol. The van der Waals surface area contributed by atoms with Gasteiger partial charge in [-0.3, -0.25) is 21.2 Å². The van der Waals surface area contributed by atoms with Crippen molar-refractivity contribution in [3.8, 4) is 0 Å². The van der Waals surface area contributed by atoms with Crippen molar-refractivity contribution in [1.82, 2.24) is 15.3 Å². The van der Waals surface area contributed by atoms with Gasteiger partial charge in [0.2, 0.25) is 0 Å². The summed E-state index contributed by atoms with van der Waals surface area (Å²) in [5.74, 6) is 5.65. The van der Waals surface area contributed by atoms with Gasteiger partial charge in [0.15, 0.2) is 0 Å². The fourth-order valence-corrected chi connectivity index (χ4v) is 2.20. The Balaban J connectivity index is 2.08. The Morgan fingerprint density at radius 3 is 3.24 bits per heavy atom. The van der Waals surface area contributed by atoms with E-state index in [1.54, 1.807) is 6.20 Å². The molecule has 0 aromatic carbocycles. The molecule has 5 heteroatoms. The van der Waals surface area contributed by atoms with Gasteiger partial charge in [-0.2, -0.15) is 0 Å². The molecule has 0 spiro atoms. The first-order valence-electron chi connectivity index (χ1n) is 6.05. The molecule has 0 saturated carbocycles. The van der Waals surface area contributed by atoms with Gasteiger partial charge in [-0.25, -0.2) is 0 Å². The van der Waals surface area contributed by atoms with Gasteiger partial charge in [-0.1, -0.05) is 13.0 Å². The number of likely N-dealkylation sites (N-methyl/N-ethyl adjacent to an activating group) is 1. The normalized spacial score (nSPS) is 23.5. The first-order chi connectivity index (χ1) is 8.35. The average Bonchev–Trinajstić information content (AvgIpc) is 2.41. The summed E-state index contributed by atoms with van der Waals surface area (Å²) < 4.78 is 5.81. The molecule has 5 nitrogen and oxygen atoms in total. The van der Waals surface area contributed by atoms with Crippen LogP contribution in [0.4, 0.5) is 0 Å². The Kier molecular flexibility index (Phi) is 4.44. The molecule has 0 aliphatic carbocycles. The second-order valence-electron chi connectivity index (χ2n) is 4.23. The summed E-state index contributed by atoms with van der Waals surface area (Å²) in [6.45, 7) is 5.87. The van der Waals surface area contributed by atoms with Gasteiger partial charge in [0.25, 0.3) is 0 Å². The number of ether oxygens (including phenoxy) is 1. The van der Waals surface area contributed by atoms with Gasteiger partial charge >= 0.3 is 0 Å². The Labute approximate surface area is 102 Å². The van der Waals surface area contributed by atoms with Crippen molar-refractivity contribution in [1.29, 1.82) is 0 Å². The van der Waals surface area contributed by atoms with Crippen molar-refractivity contribution >= 4 is 0 Å². The zero-order chi connectivity index (χ0) is 12.1. The van der Waals surface area contributed by atoms with E-state index in [1.807, 2.05) is 18.3 Å². The van der Waals surface area contributed by atoms with E-state index < -0.39 is 0 Å². The maximum Gasteiger partial charge on any atom is 0.0910 e. The lowest BCUT2D eigenvalue weighted by Crippen LogP contribution is -2.49. The maximum atomic E-state index is 5.81. The number of hydrogen-bond donors (Lipinski definition) is 2. The largest absolute Gasteiger partial charge is 0.374 e. The van der Waals surface area contributed by atoms with E-state index in [-0.39, 0.29) is 12.1 Å². The zero-order valence-corrected chi connectivity index (χ0v) is 10.2. The van der Waals surface area contributed by atoms with Gasteiger partial charge in [0.05, 0.1) is 18.8 Å². The molecule has 1 fully saturated rings. The van der Waals surface area contributed by atoms with Crippen LogP contribution in [0.2, 0.25) is 0 Å². The standard InChI is InChI=1S/C12H20N4O/c1-2-16-6-7-17-11(9-16)12(15-13)10-4-3-5-14-8-10/h3-5,8,11-12,15H,2,6-7,9,13H2,1H3. The molecule has 1 aromatic heterocycles. The van der Waals surface area contributed by atoms with Crippen LogP contribution in [0.25, 0.3) is 0 Å². The molecule has 2 atom stereocenters. The lowest BCUT2D eigenvalue weighted by molar-refractivity contribution is -0.0457. The molecule has 1 aliphatic heterocycles. The van der Waals surface area contributed by atoms with Crippen LogP contribution in [0.1, 0.15) is 18.5 Å². The molecule has 0 bridgehead atoms. The molecule has 94 valence electrons. The molecule has 17 heavy (non-hydrogen) atoms. The van der Waals surface area contributed by atoms with Crippen LogP contribution in [0, 0.1) is 0 Å². The van der Waals surface area contributed by atoms with E-state index in [2.05, 4.69) is 22.2 Å². The topological polar surface area (TPSA) is 63.4 Å². The highest BCUT2D eigenvalue weighted by molar-refractivity contribution is 5.15. The summed E-state index contributed by atoms with van der Waals surface area (Å²) >= 11 is 0. The molecule has 0 amide bonds. The van der Waals surface area contributed by atoms with Crippen molar-refractivity contribution in [2.75, 3.05) is 26.2 Å². The fourth-order valence-electron chi connectivity index (χ4n) is 2.20. The number of pyridine rings is 1. The molecule has 1 aliphatic rings. The summed E-state index contributed by atoms with van der Waals surface area (Å²) in [5.41, 5.74) is 3.91. The second kappa shape index (κ2) is 6.07. The first kappa shape index (κ1) is 12.4. The molecule has 2 unspecified atom stereocenters. The fraction of sp³-hybridized carbons (Fsp3) is 0.583. The Morgan fingerprint density at radius 2 is 2.59 bits per heavy atom. The minimum absolute atomic E-state index is 0.00181. The van der Waals surface area contributed by atoms with Gasteiger partial charge < -0.3 is 4.74 Å². The number of hydrazine groups is 1. The average molecular weight is 236 g/mol. The summed E-state index contributed by atoms with van der Waals surface area (Å²) in [5, 5.41) is 0. The third-order valence-electron chi connectivity index (χ3n) is 3.22. The lowest BCUT2D eigenvalue weighted by Gasteiger charge is -2.36. The van der Waals surface area contributed by atoms with Crippen LogP contribution < -0.4 is 11.3 Å². The summed E-state index contributed by atoms with van der Waals surface area (Å²) in [6, 6.07) is 3.93. The van der Waals surface area contributed by atoms with Crippen LogP contribution in [-0.4, -0.2) is 42.2 Å². The highest BCUT2D eigenvalue weighted by Gasteiger charge is 2.28.